The molecule has 0 amide bonds. The van der Waals surface area contributed by atoms with Gasteiger partial charge in [-0.1, -0.05) is 0 Å². The van der Waals surface area contributed by atoms with E-state index in [9.17, 15) is 8.42 Å². The van der Waals surface area contributed by atoms with Crippen LogP contribution in [0.4, 0.5) is 5.82 Å². The van der Waals surface area contributed by atoms with Gasteiger partial charge in [0.15, 0.2) is 15.7 Å². The zero-order chi connectivity index (χ0) is 12.5. The highest BCUT2D eigenvalue weighted by Gasteiger charge is 2.28. The number of aliphatic hydroxyl groups is 1. The molecule has 1 saturated heterocycles. The highest BCUT2D eigenvalue weighted by Crippen LogP contribution is 2.18. The van der Waals surface area contributed by atoms with Crippen LogP contribution in [0.5, 0.6) is 0 Å². The Labute approximate surface area is 100 Å². The Kier molecular flexibility index (Phi) is 3.30. The van der Waals surface area contributed by atoms with Crippen molar-refractivity contribution in [1.82, 2.24) is 10.2 Å². The molecular formula is C10H15N3O3S. The Morgan fingerprint density at radius 1 is 1.47 bits per heavy atom. The Morgan fingerprint density at radius 2 is 2.24 bits per heavy atom. The molecular weight excluding hydrogens is 242 g/mol. The van der Waals surface area contributed by atoms with Crippen molar-refractivity contribution in [2.24, 2.45) is 0 Å². The molecule has 1 aliphatic rings. The first-order valence-corrected chi connectivity index (χ1v) is 7.24. The van der Waals surface area contributed by atoms with E-state index in [1.807, 2.05) is 11.8 Å². The van der Waals surface area contributed by atoms with Gasteiger partial charge in [-0.25, -0.2) is 8.42 Å². The summed E-state index contributed by atoms with van der Waals surface area (Å²) in [6.07, 6.45) is 0. The molecule has 0 aromatic carbocycles. The maximum absolute atomic E-state index is 11.4. The molecule has 0 bridgehead atoms. The third kappa shape index (κ3) is 2.73. The van der Waals surface area contributed by atoms with Crippen molar-refractivity contribution in [3.8, 4) is 0 Å². The fourth-order valence-electron chi connectivity index (χ4n) is 1.93. The third-order valence-electron chi connectivity index (χ3n) is 2.83. The van der Waals surface area contributed by atoms with Gasteiger partial charge in [0.2, 0.25) is 0 Å². The van der Waals surface area contributed by atoms with Crippen LogP contribution in [0.25, 0.3) is 0 Å². The van der Waals surface area contributed by atoms with Crippen molar-refractivity contribution in [2.75, 3.05) is 23.0 Å². The normalized spacial score (nSPS) is 23.6. The minimum Gasteiger partial charge on any atom is -0.390 e. The van der Waals surface area contributed by atoms with E-state index in [0.717, 1.165) is 0 Å². The van der Waals surface area contributed by atoms with Crippen LogP contribution in [-0.2, 0) is 16.4 Å². The molecule has 1 atom stereocenters. The van der Waals surface area contributed by atoms with Gasteiger partial charge >= 0.3 is 0 Å². The van der Waals surface area contributed by atoms with Crippen LogP contribution in [0.1, 0.15) is 12.6 Å². The van der Waals surface area contributed by atoms with E-state index in [4.69, 9.17) is 5.11 Å². The first-order chi connectivity index (χ1) is 8.02. The number of nitrogens with zero attached hydrogens (tertiary/aromatic N) is 3. The Balaban J connectivity index is 2.17. The lowest BCUT2D eigenvalue weighted by molar-refractivity contribution is 0.275. The van der Waals surface area contributed by atoms with Gasteiger partial charge in [-0.15, -0.1) is 5.10 Å². The van der Waals surface area contributed by atoms with Crippen molar-refractivity contribution >= 4 is 15.7 Å². The predicted octanol–water partition coefficient (Wildman–Crippen LogP) is -0.408. The van der Waals surface area contributed by atoms with E-state index >= 15 is 0 Å². The lowest BCUT2D eigenvalue weighted by Crippen LogP contribution is -2.47. The number of aromatic nitrogens is 2. The summed E-state index contributed by atoms with van der Waals surface area (Å²) in [6.45, 7) is 2.16. The fourth-order valence-corrected chi connectivity index (χ4v) is 3.49. The molecule has 0 radical (unpaired) electrons. The highest BCUT2D eigenvalue weighted by molar-refractivity contribution is 7.91. The molecule has 2 rings (SSSR count). The Hall–Kier alpha value is -1.21. The molecule has 1 aliphatic heterocycles. The van der Waals surface area contributed by atoms with Gasteiger partial charge in [0.05, 0.1) is 23.8 Å². The molecule has 0 spiro atoms. The number of hydrogen-bond acceptors (Lipinski definition) is 6. The number of rotatable bonds is 2. The summed E-state index contributed by atoms with van der Waals surface area (Å²) in [5.41, 5.74) is 0.506. The van der Waals surface area contributed by atoms with Gasteiger partial charge < -0.3 is 10.0 Å². The van der Waals surface area contributed by atoms with Gasteiger partial charge in [0, 0.05) is 12.6 Å². The average molecular weight is 257 g/mol. The molecule has 1 fully saturated rings. The van der Waals surface area contributed by atoms with Crippen molar-refractivity contribution in [1.29, 1.82) is 0 Å². The molecule has 1 unspecified atom stereocenters. The average Bonchev–Trinajstić information content (AvgIpc) is 2.28. The molecule has 6 nitrogen and oxygen atoms in total. The second kappa shape index (κ2) is 4.58. The molecule has 94 valence electrons. The quantitative estimate of drug-likeness (QED) is 0.775. The summed E-state index contributed by atoms with van der Waals surface area (Å²) in [7, 11) is -2.92. The van der Waals surface area contributed by atoms with E-state index in [2.05, 4.69) is 10.2 Å². The third-order valence-corrected chi connectivity index (χ3v) is 4.63. The number of aliphatic hydroxyl groups excluding tert-OH is 1. The van der Waals surface area contributed by atoms with Crippen LogP contribution >= 0.6 is 0 Å². The lowest BCUT2D eigenvalue weighted by atomic mass is 10.3. The topological polar surface area (TPSA) is 83.4 Å². The second-order valence-corrected chi connectivity index (χ2v) is 6.43. The summed E-state index contributed by atoms with van der Waals surface area (Å²) in [4.78, 5) is 1.93. The van der Waals surface area contributed by atoms with Crippen LogP contribution in [0.2, 0.25) is 0 Å². The molecule has 0 saturated carbocycles. The first kappa shape index (κ1) is 12.3. The maximum Gasteiger partial charge on any atom is 0.154 e. The highest BCUT2D eigenvalue weighted by atomic mass is 32.2. The molecule has 17 heavy (non-hydrogen) atoms. The van der Waals surface area contributed by atoms with Gasteiger partial charge in [-0.2, -0.15) is 5.10 Å². The van der Waals surface area contributed by atoms with E-state index in [0.29, 0.717) is 18.1 Å². The van der Waals surface area contributed by atoms with Crippen molar-refractivity contribution < 1.29 is 13.5 Å². The molecule has 1 aromatic heterocycles. The van der Waals surface area contributed by atoms with Gasteiger partial charge in [0.1, 0.15) is 0 Å². The standard InChI is InChI=1S/C10H15N3O3S/c1-8-7-17(15,16)5-4-13(8)10-3-2-9(6-14)11-12-10/h2-3,8,14H,4-7H2,1H3. The summed E-state index contributed by atoms with van der Waals surface area (Å²) in [5.74, 6) is 0.960. The van der Waals surface area contributed by atoms with Crippen LogP contribution in [0.3, 0.4) is 0 Å². The van der Waals surface area contributed by atoms with E-state index in [1.165, 1.54) is 0 Å². The van der Waals surface area contributed by atoms with E-state index in [1.54, 1.807) is 12.1 Å². The zero-order valence-electron chi connectivity index (χ0n) is 9.57. The fraction of sp³-hybridized carbons (Fsp3) is 0.600. The van der Waals surface area contributed by atoms with Crippen LogP contribution < -0.4 is 4.90 Å². The second-order valence-electron chi connectivity index (χ2n) is 4.20. The minimum atomic E-state index is -2.92. The van der Waals surface area contributed by atoms with Gasteiger partial charge in [-0.05, 0) is 19.1 Å². The Morgan fingerprint density at radius 3 is 2.76 bits per heavy atom. The van der Waals surface area contributed by atoms with Crippen LogP contribution in [0.15, 0.2) is 12.1 Å². The first-order valence-electron chi connectivity index (χ1n) is 5.42. The summed E-state index contributed by atoms with van der Waals surface area (Å²) in [6, 6.07) is 3.36. The molecule has 0 aliphatic carbocycles. The van der Waals surface area contributed by atoms with Gasteiger partial charge in [0.25, 0.3) is 0 Å². The molecule has 1 N–H and O–H groups in total. The van der Waals surface area contributed by atoms with E-state index < -0.39 is 9.84 Å². The van der Waals surface area contributed by atoms with E-state index in [-0.39, 0.29) is 24.2 Å². The SMILES string of the molecule is CC1CS(=O)(=O)CCN1c1ccc(CO)nn1. The number of hydrogen-bond donors (Lipinski definition) is 1. The maximum atomic E-state index is 11.4. The smallest absolute Gasteiger partial charge is 0.154 e. The number of anilines is 1. The van der Waals surface area contributed by atoms with Crippen molar-refractivity contribution in [2.45, 2.75) is 19.6 Å². The largest absolute Gasteiger partial charge is 0.390 e. The summed E-state index contributed by atoms with van der Waals surface area (Å²) in [5, 5.41) is 16.7. The Bertz CT molecular complexity index is 486. The van der Waals surface area contributed by atoms with Crippen LogP contribution in [0, 0.1) is 0 Å². The van der Waals surface area contributed by atoms with Crippen molar-refractivity contribution in [3.05, 3.63) is 17.8 Å². The zero-order valence-corrected chi connectivity index (χ0v) is 10.4. The molecule has 7 heteroatoms. The number of sulfone groups is 1. The summed E-state index contributed by atoms with van der Waals surface area (Å²) >= 11 is 0. The predicted molar refractivity (Wildman–Crippen MR) is 63.4 cm³/mol. The summed E-state index contributed by atoms with van der Waals surface area (Å²) < 4.78 is 22.9. The van der Waals surface area contributed by atoms with Crippen LogP contribution in [-0.4, -0.2) is 47.8 Å². The van der Waals surface area contributed by atoms with Crippen molar-refractivity contribution in [3.63, 3.8) is 0 Å². The molecule has 1 aromatic rings. The van der Waals surface area contributed by atoms with Gasteiger partial charge in [-0.3, -0.25) is 0 Å². The minimum absolute atomic E-state index is 0.0944. The lowest BCUT2D eigenvalue weighted by Gasteiger charge is -2.33. The molecule has 2 heterocycles. The monoisotopic (exact) mass is 257 g/mol.